The molecule has 2 rings (SSSR count). The monoisotopic (exact) mass is 269 g/mol. The largest absolute Gasteiger partial charge is 0.457 e. The van der Waals surface area contributed by atoms with E-state index in [2.05, 4.69) is 0 Å². The van der Waals surface area contributed by atoms with Gasteiger partial charge in [-0.15, -0.1) is 0 Å². The van der Waals surface area contributed by atoms with Gasteiger partial charge in [-0.05, 0) is 49.7 Å². The number of benzene rings is 2. The van der Waals surface area contributed by atoms with Crippen molar-refractivity contribution in [1.29, 1.82) is 5.26 Å². The number of Topliss-reactive ketones (excluding diaryl/α,β-unsaturated/α-hetero) is 1. The first-order valence-electron chi connectivity index (χ1n) is 6.00. The van der Waals surface area contributed by atoms with Crippen LogP contribution in [0.3, 0.4) is 0 Å². The number of aryl methyl sites for hydroxylation is 1. The summed E-state index contributed by atoms with van der Waals surface area (Å²) < 4.78 is 19.1. The predicted molar refractivity (Wildman–Crippen MR) is 72.4 cm³/mol. The first-order valence-corrected chi connectivity index (χ1v) is 6.00. The first-order chi connectivity index (χ1) is 9.51. The fraction of sp³-hybridized carbons (Fsp3) is 0.125. The van der Waals surface area contributed by atoms with Crippen LogP contribution < -0.4 is 4.74 Å². The summed E-state index contributed by atoms with van der Waals surface area (Å²) in [4.78, 5) is 11.5. The van der Waals surface area contributed by atoms with E-state index in [4.69, 9.17) is 10.00 Å². The number of nitrogens with zero attached hydrogens (tertiary/aromatic N) is 1. The van der Waals surface area contributed by atoms with Crippen molar-refractivity contribution in [2.75, 3.05) is 0 Å². The topological polar surface area (TPSA) is 50.1 Å². The van der Waals surface area contributed by atoms with E-state index >= 15 is 0 Å². The van der Waals surface area contributed by atoms with Crippen LogP contribution in [0.25, 0.3) is 0 Å². The summed E-state index contributed by atoms with van der Waals surface area (Å²) in [6, 6.07) is 11.2. The van der Waals surface area contributed by atoms with Crippen molar-refractivity contribution in [2.45, 2.75) is 13.8 Å². The fourth-order valence-corrected chi connectivity index (χ4v) is 1.77. The molecule has 0 fully saturated rings. The van der Waals surface area contributed by atoms with Crippen LogP contribution in [0.2, 0.25) is 0 Å². The van der Waals surface area contributed by atoms with Gasteiger partial charge in [0.2, 0.25) is 0 Å². The van der Waals surface area contributed by atoms with Gasteiger partial charge in [-0.25, -0.2) is 4.39 Å². The molecule has 100 valence electrons. The molecular weight excluding hydrogens is 257 g/mol. The fourth-order valence-electron chi connectivity index (χ4n) is 1.77. The molecule has 0 aliphatic carbocycles. The van der Waals surface area contributed by atoms with Gasteiger partial charge in [0, 0.05) is 0 Å². The Kier molecular flexibility index (Phi) is 3.81. The highest BCUT2D eigenvalue weighted by Gasteiger charge is 2.13. The van der Waals surface area contributed by atoms with Crippen molar-refractivity contribution >= 4 is 5.78 Å². The van der Waals surface area contributed by atoms with Gasteiger partial charge in [0.1, 0.15) is 17.3 Å². The molecule has 0 N–H and O–H groups in total. The van der Waals surface area contributed by atoms with Gasteiger partial charge >= 0.3 is 0 Å². The molecule has 0 aromatic heterocycles. The second-order valence-corrected chi connectivity index (χ2v) is 4.40. The Morgan fingerprint density at radius 2 is 2.05 bits per heavy atom. The van der Waals surface area contributed by atoms with Crippen LogP contribution in [0.5, 0.6) is 11.5 Å². The summed E-state index contributed by atoms with van der Waals surface area (Å²) >= 11 is 0. The third-order valence-corrected chi connectivity index (χ3v) is 2.83. The molecule has 0 saturated carbocycles. The lowest BCUT2D eigenvalue weighted by molar-refractivity contribution is 0.101. The van der Waals surface area contributed by atoms with E-state index in [0.29, 0.717) is 16.9 Å². The number of hydrogen-bond acceptors (Lipinski definition) is 3. The lowest BCUT2D eigenvalue weighted by atomic mass is 10.1. The summed E-state index contributed by atoms with van der Waals surface area (Å²) in [5, 5.41) is 8.84. The van der Waals surface area contributed by atoms with Crippen LogP contribution in [-0.4, -0.2) is 5.78 Å². The van der Waals surface area contributed by atoms with Crippen molar-refractivity contribution in [2.24, 2.45) is 0 Å². The first kappa shape index (κ1) is 13.8. The molecule has 0 spiro atoms. The minimum atomic E-state index is -0.451. The predicted octanol–water partition coefficient (Wildman–Crippen LogP) is 4.00. The van der Waals surface area contributed by atoms with Crippen molar-refractivity contribution < 1.29 is 13.9 Å². The van der Waals surface area contributed by atoms with E-state index in [9.17, 15) is 9.18 Å². The van der Waals surface area contributed by atoms with E-state index in [-0.39, 0.29) is 17.1 Å². The number of ether oxygens (including phenoxy) is 1. The van der Waals surface area contributed by atoms with E-state index in [0.717, 1.165) is 0 Å². The maximum absolute atomic E-state index is 13.5. The van der Waals surface area contributed by atoms with Crippen molar-refractivity contribution in [3.8, 4) is 17.6 Å². The van der Waals surface area contributed by atoms with Gasteiger partial charge in [0.05, 0.1) is 17.2 Å². The summed E-state index contributed by atoms with van der Waals surface area (Å²) in [7, 11) is 0. The van der Waals surface area contributed by atoms with Crippen molar-refractivity contribution in [3.63, 3.8) is 0 Å². The zero-order chi connectivity index (χ0) is 14.7. The third-order valence-electron chi connectivity index (χ3n) is 2.83. The quantitative estimate of drug-likeness (QED) is 0.791. The standard InChI is InChI=1S/C16H12FNO2/c1-10-6-16(14(11(2)19)8-15(10)17)20-13-5-3-4-12(7-13)9-18/h3-8H,1-2H3. The highest BCUT2D eigenvalue weighted by Crippen LogP contribution is 2.28. The van der Waals surface area contributed by atoms with Gasteiger partial charge in [0.25, 0.3) is 0 Å². The lowest BCUT2D eigenvalue weighted by Crippen LogP contribution is -2.00. The SMILES string of the molecule is CC(=O)c1cc(F)c(C)cc1Oc1cccc(C#N)c1. The zero-order valence-electron chi connectivity index (χ0n) is 11.1. The second-order valence-electron chi connectivity index (χ2n) is 4.40. The number of carbonyl (C=O) groups is 1. The minimum absolute atomic E-state index is 0.176. The summed E-state index contributed by atoms with van der Waals surface area (Å²) in [6.07, 6.45) is 0. The molecule has 0 saturated heterocycles. The van der Waals surface area contributed by atoms with E-state index < -0.39 is 5.82 Å². The molecule has 0 aliphatic heterocycles. The maximum Gasteiger partial charge on any atom is 0.163 e. The molecule has 0 aliphatic rings. The maximum atomic E-state index is 13.5. The Labute approximate surface area is 116 Å². The molecule has 0 heterocycles. The van der Waals surface area contributed by atoms with Gasteiger partial charge in [-0.1, -0.05) is 6.07 Å². The molecule has 20 heavy (non-hydrogen) atoms. The number of hydrogen-bond donors (Lipinski definition) is 0. The van der Waals surface area contributed by atoms with E-state index in [1.54, 1.807) is 31.2 Å². The van der Waals surface area contributed by atoms with Crippen LogP contribution in [0, 0.1) is 24.1 Å². The molecule has 0 radical (unpaired) electrons. The van der Waals surface area contributed by atoms with Crippen molar-refractivity contribution in [3.05, 3.63) is 58.9 Å². The number of ketones is 1. The molecule has 0 unspecified atom stereocenters. The van der Waals surface area contributed by atoms with Crippen molar-refractivity contribution in [1.82, 2.24) is 0 Å². The van der Waals surface area contributed by atoms with Crippen LogP contribution in [0.15, 0.2) is 36.4 Å². The molecule has 2 aromatic carbocycles. The number of carbonyl (C=O) groups excluding carboxylic acids is 1. The van der Waals surface area contributed by atoms with E-state index in [1.807, 2.05) is 6.07 Å². The number of nitriles is 1. The van der Waals surface area contributed by atoms with Gasteiger partial charge < -0.3 is 4.74 Å². The molecule has 3 nitrogen and oxygen atoms in total. The zero-order valence-corrected chi connectivity index (χ0v) is 11.1. The molecular formula is C16H12FNO2. The van der Waals surface area contributed by atoms with Crippen LogP contribution in [0.1, 0.15) is 28.4 Å². The summed E-state index contributed by atoms with van der Waals surface area (Å²) in [6.45, 7) is 2.94. The highest BCUT2D eigenvalue weighted by molar-refractivity contribution is 5.97. The number of rotatable bonds is 3. The third kappa shape index (κ3) is 2.83. The Hall–Kier alpha value is -2.67. The second kappa shape index (κ2) is 5.54. The lowest BCUT2D eigenvalue weighted by Gasteiger charge is -2.11. The molecule has 0 bridgehead atoms. The van der Waals surface area contributed by atoms with Gasteiger partial charge in [0.15, 0.2) is 5.78 Å². The molecule has 0 amide bonds. The Morgan fingerprint density at radius 3 is 2.70 bits per heavy atom. The average Bonchev–Trinajstić information content (AvgIpc) is 2.42. The molecule has 0 atom stereocenters. The molecule has 4 heteroatoms. The smallest absolute Gasteiger partial charge is 0.163 e. The normalized spacial score (nSPS) is 9.90. The molecule has 2 aromatic rings. The van der Waals surface area contributed by atoms with Crippen LogP contribution >= 0.6 is 0 Å². The minimum Gasteiger partial charge on any atom is -0.457 e. The summed E-state index contributed by atoms with van der Waals surface area (Å²) in [5.74, 6) is -0.0206. The van der Waals surface area contributed by atoms with Crippen LogP contribution in [0.4, 0.5) is 4.39 Å². The Morgan fingerprint density at radius 1 is 1.30 bits per heavy atom. The van der Waals surface area contributed by atoms with Gasteiger partial charge in [-0.3, -0.25) is 4.79 Å². The number of halogens is 1. The Balaban J connectivity index is 2.45. The van der Waals surface area contributed by atoms with Gasteiger partial charge in [-0.2, -0.15) is 5.26 Å². The average molecular weight is 269 g/mol. The Bertz CT molecular complexity index is 717. The van der Waals surface area contributed by atoms with E-state index in [1.165, 1.54) is 19.1 Å². The highest BCUT2D eigenvalue weighted by atomic mass is 19.1. The van der Waals surface area contributed by atoms with Crippen LogP contribution in [-0.2, 0) is 0 Å². The summed E-state index contributed by atoms with van der Waals surface area (Å²) in [5.41, 5.74) is 1.02.